The highest BCUT2D eigenvalue weighted by atomic mass is 16.5. The molecule has 0 aromatic carbocycles. The van der Waals surface area contributed by atoms with Gasteiger partial charge in [0.05, 0.1) is 6.61 Å². The van der Waals surface area contributed by atoms with Crippen molar-refractivity contribution >= 4 is 0 Å². The Hall–Kier alpha value is -0.0800. The largest absolute Gasteiger partial charge is 0.380 e. The van der Waals surface area contributed by atoms with Gasteiger partial charge in [-0.2, -0.15) is 0 Å². The molecule has 0 bridgehead atoms. The summed E-state index contributed by atoms with van der Waals surface area (Å²) in [5.74, 6) is 0. The Morgan fingerprint density at radius 3 is 2.50 bits per heavy atom. The molecule has 2 nitrogen and oxygen atoms in total. The lowest BCUT2D eigenvalue weighted by atomic mass is 10.5. The van der Waals surface area contributed by atoms with Crippen molar-refractivity contribution in [3.63, 3.8) is 0 Å². The third-order valence-corrected chi connectivity index (χ3v) is 1.20. The lowest BCUT2D eigenvalue weighted by Gasteiger charge is -2.02. The first-order valence-electron chi connectivity index (χ1n) is 4.20. The summed E-state index contributed by atoms with van der Waals surface area (Å²) in [4.78, 5) is 0. The fourth-order valence-corrected chi connectivity index (χ4v) is 0.693. The van der Waals surface area contributed by atoms with Crippen molar-refractivity contribution < 1.29 is 6.16 Å². The van der Waals surface area contributed by atoms with Crippen LogP contribution in [0.5, 0.6) is 0 Å². The van der Waals surface area contributed by atoms with Crippen LogP contribution >= 0.6 is 0 Å². The molecule has 0 fully saturated rings. The molecule has 0 saturated carbocycles. The Bertz CT molecular complexity index is 54.1. The van der Waals surface area contributed by atoms with Crippen LogP contribution in [0.25, 0.3) is 0 Å². The predicted octanol–water partition coefficient (Wildman–Crippen LogP) is 1.66. The summed E-state index contributed by atoms with van der Waals surface area (Å²) in [6, 6.07) is 0. The summed E-state index contributed by atoms with van der Waals surface area (Å²) in [5.41, 5.74) is 0. The van der Waals surface area contributed by atoms with Gasteiger partial charge in [0.1, 0.15) is 0 Å². The molecule has 10 heavy (non-hydrogen) atoms. The normalized spacial score (nSPS) is 10.2. The maximum Gasteiger partial charge on any atom is 0.0590 e. The summed E-state index contributed by atoms with van der Waals surface area (Å²) >= 11 is 0. The SMILES string of the molecule is CCCNCCOCCC.[HH]. The summed E-state index contributed by atoms with van der Waals surface area (Å²) in [6.07, 6.45) is 2.32. The lowest BCUT2D eigenvalue weighted by Crippen LogP contribution is -2.20. The van der Waals surface area contributed by atoms with E-state index in [2.05, 4.69) is 19.2 Å². The fraction of sp³-hybridized carbons (Fsp3) is 1.00. The molecule has 0 atom stereocenters. The topological polar surface area (TPSA) is 21.3 Å². The molecule has 0 saturated heterocycles. The summed E-state index contributed by atoms with van der Waals surface area (Å²) in [7, 11) is 0. The van der Waals surface area contributed by atoms with E-state index in [1.807, 2.05) is 0 Å². The van der Waals surface area contributed by atoms with Crippen LogP contribution in [0.15, 0.2) is 0 Å². The zero-order chi connectivity index (χ0) is 7.66. The molecule has 0 heterocycles. The molecule has 0 unspecified atom stereocenters. The first kappa shape index (κ1) is 9.92. The van der Waals surface area contributed by atoms with Crippen molar-refractivity contribution in [1.29, 1.82) is 0 Å². The van der Waals surface area contributed by atoms with Gasteiger partial charge in [-0.15, -0.1) is 0 Å². The van der Waals surface area contributed by atoms with Crippen LogP contribution in [-0.2, 0) is 4.74 Å². The Labute approximate surface area is 65.4 Å². The minimum Gasteiger partial charge on any atom is -0.380 e. The van der Waals surface area contributed by atoms with E-state index < -0.39 is 0 Å². The minimum absolute atomic E-state index is 0. The third kappa shape index (κ3) is 7.92. The molecule has 0 aliphatic rings. The lowest BCUT2D eigenvalue weighted by molar-refractivity contribution is 0.136. The maximum atomic E-state index is 5.27. The van der Waals surface area contributed by atoms with Gasteiger partial charge >= 0.3 is 0 Å². The standard InChI is InChI=1S/C8H19NO.H2/c1-3-5-9-6-8-10-7-4-2;/h9H,3-8H2,1-2H3;1H. The Morgan fingerprint density at radius 2 is 1.90 bits per heavy atom. The van der Waals surface area contributed by atoms with E-state index in [0.29, 0.717) is 0 Å². The maximum absolute atomic E-state index is 5.27. The van der Waals surface area contributed by atoms with Gasteiger partial charge in [0, 0.05) is 14.6 Å². The van der Waals surface area contributed by atoms with Crippen LogP contribution in [0.2, 0.25) is 0 Å². The molecular weight excluding hydrogens is 126 g/mol. The number of ether oxygens (including phenoxy) is 1. The number of hydrogen-bond donors (Lipinski definition) is 1. The highest BCUT2D eigenvalue weighted by Gasteiger charge is 1.84. The van der Waals surface area contributed by atoms with Crippen molar-refractivity contribution in [2.45, 2.75) is 26.7 Å². The van der Waals surface area contributed by atoms with E-state index in [-0.39, 0.29) is 1.43 Å². The first-order chi connectivity index (χ1) is 4.91. The fourth-order valence-electron chi connectivity index (χ4n) is 0.693. The highest BCUT2D eigenvalue weighted by Crippen LogP contribution is 1.78. The van der Waals surface area contributed by atoms with Crippen LogP contribution < -0.4 is 5.32 Å². The monoisotopic (exact) mass is 147 g/mol. The molecule has 2 heteroatoms. The Balaban J connectivity index is 0. The highest BCUT2D eigenvalue weighted by molar-refractivity contribution is 4.42. The molecule has 0 amide bonds. The Kier molecular flexibility index (Phi) is 8.85. The van der Waals surface area contributed by atoms with E-state index >= 15 is 0 Å². The van der Waals surface area contributed by atoms with Crippen LogP contribution in [0, 0.1) is 0 Å². The zero-order valence-corrected chi connectivity index (χ0v) is 7.15. The van der Waals surface area contributed by atoms with Crippen LogP contribution in [0.1, 0.15) is 28.1 Å². The van der Waals surface area contributed by atoms with Crippen LogP contribution in [-0.4, -0.2) is 26.3 Å². The van der Waals surface area contributed by atoms with Gasteiger partial charge < -0.3 is 10.1 Å². The van der Waals surface area contributed by atoms with E-state index in [1.54, 1.807) is 0 Å². The number of rotatable bonds is 7. The summed E-state index contributed by atoms with van der Waals surface area (Å²) in [6.45, 7) is 8.14. The molecular formula is C8H21NO. The van der Waals surface area contributed by atoms with Crippen molar-refractivity contribution in [3.05, 3.63) is 0 Å². The molecule has 0 aromatic rings. The van der Waals surface area contributed by atoms with Crippen molar-refractivity contribution in [2.24, 2.45) is 0 Å². The molecule has 0 aromatic heterocycles. The van der Waals surface area contributed by atoms with Gasteiger partial charge in [-0.3, -0.25) is 0 Å². The van der Waals surface area contributed by atoms with Gasteiger partial charge in [-0.05, 0) is 19.4 Å². The zero-order valence-electron chi connectivity index (χ0n) is 7.15. The van der Waals surface area contributed by atoms with Gasteiger partial charge in [0.15, 0.2) is 0 Å². The quantitative estimate of drug-likeness (QED) is 0.553. The van der Waals surface area contributed by atoms with E-state index in [0.717, 1.165) is 32.7 Å². The van der Waals surface area contributed by atoms with Crippen molar-refractivity contribution in [3.8, 4) is 0 Å². The second-order valence-corrected chi connectivity index (χ2v) is 2.36. The van der Waals surface area contributed by atoms with Crippen molar-refractivity contribution in [1.82, 2.24) is 5.32 Å². The number of hydrogen-bond acceptors (Lipinski definition) is 2. The molecule has 0 spiro atoms. The van der Waals surface area contributed by atoms with Crippen molar-refractivity contribution in [2.75, 3.05) is 26.3 Å². The molecule has 0 rings (SSSR count). The van der Waals surface area contributed by atoms with E-state index in [1.165, 1.54) is 6.42 Å². The van der Waals surface area contributed by atoms with E-state index in [9.17, 15) is 0 Å². The molecule has 0 aliphatic carbocycles. The van der Waals surface area contributed by atoms with Crippen LogP contribution in [0.4, 0.5) is 0 Å². The Morgan fingerprint density at radius 1 is 1.10 bits per heavy atom. The molecule has 0 radical (unpaired) electrons. The van der Waals surface area contributed by atoms with Crippen LogP contribution in [0.3, 0.4) is 0 Å². The third-order valence-electron chi connectivity index (χ3n) is 1.20. The smallest absolute Gasteiger partial charge is 0.0590 e. The molecule has 1 N–H and O–H groups in total. The molecule has 0 aliphatic heterocycles. The number of nitrogens with one attached hydrogen (secondary N) is 1. The van der Waals surface area contributed by atoms with Gasteiger partial charge in [0.25, 0.3) is 0 Å². The first-order valence-corrected chi connectivity index (χ1v) is 4.20. The predicted molar refractivity (Wildman–Crippen MR) is 46.4 cm³/mol. The van der Waals surface area contributed by atoms with E-state index in [4.69, 9.17) is 4.74 Å². The minimum atomic E-state index is 0. The summed E-state index contributed by atoms with van der Waals surface area (Å²) < 4.78 is 5.27. The second-order valence-electron chi connectivity index (χ2n) is 2.36. The van der Waals surface area contributed by atoms with Gasteiger partial charge in [-0.1, -0.05) is 13.8 Å². The summed E-state index contributed by atoms with van der Waals surface area (Å²) in [5, 5.41) is 3.27. The van der Waals surface area contributed by atoms with Gasteiger partial charge in [-0.25, -0.2) is 0 Å². The van der Waals surface area contributed by atoms with Gasteiger partial charge in [0.2, 0.25) is 0 Å². The average molecular weight is 147 g/mol. The average Bonchev–Trinajstić information content (AvgIpc) is 1.97. The second kappa shape index (κ2) is 8.92. The molecule has 64 valence electrons.